The lowest BCUT2D eigenvalue weighted by Crippen LogP contribution is -2.31. The zero-order valence-corrected chi connectivity index (χ0v) is 19.4. The number of amides is 1. The molecule has 3 aromatic heterocycles. The first-order valence-electron chi connectivity index (χ1n) is 11.9. The molecule has 1 amide bonds. The average Bonchev–Trinajstić information content (AvgIpc) is 3.49. The third-order valence-corrected chi connectivity index (χ3v) is 7.34. The molecule has 0 bridgehead atoms. The van der Waals surface area contributed by atoms with Crippen molar-refractivity contribution in [1.82, 2.24) is 20.0 Å². The van der Waals surface area contributed by atoms with Gasteiger partial charge in [-0.05, 0) is 56.0 Å². The molecule has 0 unspecified atom stereocenters. The van der Waals surface area contributed by atoms with Gasteiger partial charge in [-0.2, -0.15) is 0 Å². The predicted octanol–water partition coefficient (Wildman–Crippen LogP) is 5.89. The summed E-state index contributed by atoms with van der Waals surface area (Å²) in [6.07, 6.45) is 8.00. The second-order valence-corrected chi connectivity index (χ2v) is 9.73. The van der Waals surface area contributed by atoms with Crippen molar-refractivity contribution in [2.75, 3.05) is 0 Å². The van der Waals surface area contributed by atoms with Gasteiger partial charge in [0.2, 0.25) is 0 Å². The van der Waals surface area contributed by atoms with Crippen LogP contribution >= 0.6 is 0 Å². The molecule has 1 aliphatic carbocycles. The Bertz CT molecular complexity index is 1410. The van der Waals surface area contributed by atoms with E-state index in [-0.39, 0.29) is 5.91 Å². The third-order valence-electron chi connectivity index (χ3n) is 7.34. The zero-order chi connectivity index (χ0) is 23.4. The van der Waals surface area contributed by atoms with E-state index < -0.39 is 5.67 Å². The lowest BCUT2D eigenvalue weighted by Gasteiger charge is -2.30. The summed E-state index contributed by atoms with van der Waals surface area (Å²) in [6.45, 7) is 4.64. The van der Waals surface area contributed by atoms with Gasteiger partial charge in [0.1, 0.15) is 11.4 Å². The highest BCUT2D eigenvalue weighted by Gasteiger charge is 2.33. The van der Waals surface area contributed by atoms with Crippen LogP contribution < -0.4 is 5.32 Å². The number of aromatic nitrogens is 3. The molecule has 2 aliphatic rings. The van der Waals surface area contributed by atoms with Gasteiger partial charge in [-0.15, -0.1) is 0 Å². The number of hydrogen-bond acceptors (Lipinski definition) is 4. The van der Waals surface area contributed by atoms with Crippen molar-refractivity contribution in [3.63, 3.8) is 0 Å². The lowest BCUT2D eigenvalue weighted by molar-refractivity contribution is 0.0873. The minimum Gasteiger partial charge on any atom is -0.361 e. The van der Waals surface area contributed by atoms with Gasteiger partial charge >= 0.3 is 0 Å². The minimum atomic E-state index is -1.21. The van der Waals surface area contributed by atoms with E-state index in [0.29, 0.717) is 31.5 Å². The van der Waals surface area contributed by atoms with Gasteiger partial charge in [-0.1, -0.05) is 30.5 Å². The molecule has 1 N–H and O–H groups in total. The first-order valence-corrected chi connectivity index (χ1v) is 11.9. The molecule has 4 heterocycles. The molecule has 6 rings (SSSR count). The van der Waals surface area contributed by atoms with Crippen molar-refractivity contribution in [2.24, 2.45) is 0 Å². The van der Waals surface area contributed by atoms with Crippen LogP contribution in [0.2, 0.25) is 0 Å². The normalized spacial score (nSPS) is 17.2. The summed E-state index contributed by atoms with van der Waals surface area (Å²) in [5, 5.41) is 6.96. The van der Waals surface area contributed by atoms with E-state index in [0.717, 1.165) is 69.6 Å². The summed E-state index contributed by atoms with van der Waals surface area (Å²) >= 11 is 0. The van der Waals surface area contributed by atoms with E-state index >= 15 is 4.39 Å². The van der Waals surface area contributed by atoms with E-state index in [1.807, 2.05) is 49.0 Å². The number of nitrogens with one attached hydrogen (secondary N) is 1. The first kappa shape index (κ1) is 21.1. The number of halogens is 1. The number of rotatable bonds is 4. The molecule has 7 heteroatoms. The standard InChI is InChI=1S/C27H27FN4O2/c1-16-24(17(2)34-31-16)20-11-23-25(29-13-20)22(14-32(23)15-27(28)8-4-3-5-9-27)18-6-7-21-19(10-18)12-30-26(21)33/h6-7,10-11,13-14H,3-5,8-9,12,15H2,1-2H3,(H,30,33). The van der Waals surface area contributed by atoms with Crippen molar-refractivity contribution in [3.8, 4) is 22.3 Å². The van der Waals surface area contributed by atoms with Gasteiger partial charge in [0, 0.05) is 41.2 Å². The fourth-order valence-corrected chi connectivity index (χ4v) is 5.59. The van der Waals surface area contributed by atoms with Gasteiger partial charge in [-0.25, -0.2) is 4.39 Å². The molecular formula is C27H27FN4O2. The largest absolute Gasteiger partial charge is 0.361 e. The van der Waals surface area contributed by atoms with Crippen LogP contribution in [0.5, 0.6) is 0 Å². The molecule has 174 valence electrons. The second-order valence-electron chi connectivity index (χ2n) is 9.73. The fraction of sp³-hybridized carbons (Fsp3) is 0.370. The molecule has 0 spiro atoms. The Morgan fingerprint density at radius 3 is 2.71 bits per heavy atom. The van der Waals surface area contributed by atoms with E-state index in [4.69, 9.17) is 9.51 Å². The van der Waals surface area contributed by atoms with Crippen LogP contribution in [-0.2, 0) is 13.1 Å². The molecule has 1 aliphatic heterocycles. The number of fused-ring (bicyclic) bond motifs is 2. The highest BCUT2D eigenvalue weighted by molar-refractivity contribution is 6.00. The fourth-order valence-electron chi connectivity index (χ4n) is 5.59. The molecule has 1 aromatic carbocycles. The topological polar surface area (TPSA) is 73.0 Å². The smallest absolute Gasteiger partial charge is 0.251 e. The Morgan fingerprint density at radius 1 is 1.12 bits per heavy atom. The first-order chi connectivity index (χ1) is 16.4. The number of carbonyl (C=O) groups is 1. The molecule has 34 heavy (non-hydrogen) atoms. The van der Waals surface area contributed by atoms with Crippen molar-refractivity contribution in [2.45, 2.75) is 64.7 Å². The third kappa shape index (κ3) is 3.42. The Morgan fingerprint density at radius 2 is 1.94 bits per heavy atom. The highest BCUT2D eigenvalue weighted by Crippen LogP contribution is 2.38. The van der Waals surface area contributed by atoms with Crippen LogP contribution in [0.25, 0.3) is 33.3 Å². The maximum Gasteiger partial charge on any atom is 0.251 e. The number of nitrogens with zero attached hydrogens (tertiary/aromatic N) is 3. The SMILES string of the molecule is Cc1noc(C)c1-c1cnc2c(-c3ccc4c(c3)CNC4=O)cn(CC3(F)CCCCC3)c2c1. The Balaban J connectivity index is 1.51. The van der Waals surface area contributed by atoms with Crippen LogP contribution in [0.1, 0.15) is 59.5 Å². The van der Waals surface area contributed by atoms with Gasteiger partial charge in [0.05, 0.1) is 23.3 Å². The molecule has 0 radical (unpaired) electrons. The number of carbonyl (C=O) groups excluding carboxylic acids is 1. The summed E-state index contributed by atoms with van der Waals surface area (Å²) in [5.41, 5.74) is 6.77. The van der Waals surface area contributed by atoms with Crippen LogP contribution in [0, 0.1) is 13.8 Å². The van der Waals surface area contributed by atoms with Gasteiger partial charge in [0.25, 0.3) is 5.91 Å². The Kier molecular flexibility index (Phi) is 4.83. The number of pyridine rings is 1. The summed E-state index contributed by atoms with van der Waals surface area (Å²) in [6, 6.07) is 7.94. The van der Waals surface area contributed by atoms with Crippen molar-refractivity contribution < 1.29 is 13.7 Å². The predicted molar refractivity (Wildman–Crippen MR) is 128 cm³/mol. The van der Waals surface area contributed by atoms with Crippen molar-refractivity contribution in [3.05, 3.63) is 59.2 Å². The second kappa shape index (κ2) is 7.79. The molecular weight excluding hydrogens is 431 g/mol. The van der Waals surface area contributed by atoms with Gasteiger partial charge in [0.15, 0.2) is 0 Å². The summed E-state index contributed by atoms with van der Waals surface area (Å²) in [5.74, 6) is 0.699. The van der Waals surface area contributed by atoms with E-state index in [1.165, 1.54) is 0 Å². The van der Waals surface area contributed by atoms with Crippen molar-refractivity contribution in [1.29, 1.82) is 0 Å². The number of benzene rings is 1. The monoisotopic (exact) mass is 458 g/mol. The average molecular weight is 459 g/mol. The van der Waals surface area contributed by atoms with E-state index in [2.05, 4.69) is 16.5 Å². The van der Waals surface area contributed by atoms with Crippen LogP contribution in [0.3, 0.4) is 0 Å². The molecule has 1 fully saturated rings. The summed E-state index contributed by atoms with van der Waals surface area (Å²) in [4.78, 5) is 16.9. The van der Waals surface area contributed by atoms with Crippen LogP contribution in [0.4, 0.5) is 4.39 Å². The minimum absolute atomic E-state index is 0.0390. The maximum absolute atomic E-state index is 15.8. The summed E-state index contributed by atoms with van der Waals surface area (Å²) in [7, 11) is 0. The van der Waals surface area contributed by atoms with E-state index in [9.17, 15) is 4.79 Å². The lowest BCUT2D eigenvalue weighted by atomic mass is 9.86. The van der Waals surface area contributed by atoms with Crippen LogP contribution in [-0.4, -0.2) is 26.3 Å². The molecule has 4 aromatic rings. The van der Waals surface area contributed by atoms with Crippen molar-refractivity contribution >= 4 is 16.9 Å². The Labute approximate surface area is 197 Å². The van der Waals surface area contributed by atoms with Gasteiger partial charge in [-0.3, -0.25) is 9.78 Å². The number of aryl methyl sites for hydroxylation is 2. The summed E-state index contributed by atoms with van der Waals surface area (Å²) < 4.78 is 23.2. The number of alkyl halides is 1. The van der Waals surface area contributed by atoms with E-state index in [1.54, 1.807) is 0 Å². The molecule has 1 saturated carbocycles. The zero-order valence-electron chi connectivity index (χ0n) is 19.4. The highest BCUT2D eigenvalue weighted by atomic mass is 19.1. The molecule has 6 nitrogen and oxygen atoms in total. The van der Waals surface area contributed by atoms with Crippen LogP contribution in [0.15, 0.2) is 41.2 Å². The number of hydrogen-bond donors (Lipinski definition) is 1. The molecule has 0 saturated heterocycles. The Hall–Kier alpha value is -3.48. The maximum atomic E-state index is 15.8. The molecule has 0 atom stereocenters. The quantitative estimate of drug-likeness (QED) is 0.414. The van der Waals surface area contributed by atoms with Gasteiger partial charge < -0.3 is 14.4 Å².